The molecule has 3 aromatic rings. The largest absolute Gasteiger partial charge is 0.481 e. The summed E-state index contributed by atoms with van der Waals surface area (Å²) in [6.07, 6.45) is 4.12. The van der Waals surface area contributed by atoms with Crippen LogP contribution in [0.2, 0.25) is 5.15 Å². The van der Waals surface area contributed by atoms with Gasteiger partial charge < -0.3 is 20.7 Å². The summed E-state index contributed by atoms with van der Waals surface area (Å²) in [5.74, 6) is -0.554. The zero-order chi connectivity index (χ0) is 27.0. The number of nitrogens with two attached hydrogens (primary N) is 1. The molecule has 38 heavy (non-hydrogen) atoms. The number of hydrogen-bond acceptors (Lipinski definition) is 6. The average Bonchev–Trinajstić information content (AvgIpc) is 3.50. The molecule has 4 N–H and O–H groups in total. The van der Waals surface area contributed by atoms with E-state index in [-0.39, 0.29) is 6.04 Å². The van der Waals surface area contributed by atoms with E-state index in [0.717, 1.165) is 59.7 Å². The van der Waals surface area contributed by atoms with Crippen LogP contribution in [0.25, 0.3) is 11.2 Å². The highest BCUT2D eigenvalue weighted by Crippen LogP contribution is 2.43. The third kappa shape index (κ3) is 4.97. The van der Waals surface area contributed by atoms with Crippen LogP contribution >= 0.6 is 11.6 Å². The maximum absolute atomic E-state index is 12.5. The van der Waals surface area contributed by atoms with E-state index in [1.807, 2.05) is 36.9 Å². The number of carboxylic acids is 1. The van der Waals surface area contributed by atoms with Crippen LogP contribution in [0.15, 0.2) is 30.3 Å². The Balaban J connectivity index is 1.25. The quantitative estimate of drug-likeness (QED) is 0.368. The van der Waals surface area contributed by atoms with Gasteiger partial charge in [-0.05, 0) is 94.8 Å². The van der Waals surface area contributed by atoms with Gasteiger partial charge in [-0.1, -0.05) is 23.7 Å². The Bertz CT molecular complexity index is 1340. The zero-order valence-electron chi connectivity index (χ0n) is 21.9. The Hall–Kier alpha value is -3.17. The van der Waals surface area contributed by atoms with Crippen molar-refractivity contribution in [3.05, 3.63) is 52.4 Å². The highest BCUT2D eigenvalue weighted by molar-refractivity contribution is 6.29. The second-order valence-electron chi connectivity index (χ2n) is 10.8. The molecule has 0 bridgehead atoms. The van der Waals surface area contributed by atoms with Gasteiger partial charge in [0, 0.05) is 11.7 Å². The first-order chi connectivity index (χ1) is 18.2. The number of hydrogen-bond donors (Lipinski definition) is 3. The van der Waals surface area contributed by atoms with E-state index >= 15 is 0 Å². The molecule has 1 unspecified atom stereocenters. The minimum atomic E-state index is -1.13. The molecule has 2 aromatic heterocycles. The molecule has 0 spiro atoms. The molecule has 1 atom stereocenters. The molecular weight excluding hydrogens is 504 g/mol. The van der Waals surface area contributed by atoms with Crippen LogP contribution in [-0.4, -0.2) is 61.6 Å². The van der Waals surface area contributed by atoms with Crippen LogP contribution in [0.1, 0.15) is 55.5 Å². The predicted molar refractivity (Wildman–Crippen MR) is 147 cm³/mol. The molecule has 2 aliphatic rings. The number of aryl methyl sites for hydroxylation is 2. The van der Waals surface area contributed by atoms with Crippen LogP contribution in [-0.2, 0) is 16.1 Å². The van der Waals surface area contributed by atoms with Crippen molar-refractivity contribution in [1.82, 2.24) is 19.4 Å². The summed E-state index contributed by atoms with van der Waals surface area (Å²) in [5, 5.41) is 14.2. The number of amides is 1. The van der Waals surface area contributed by atoms with E-state index in [0.29, 0.717) is 37.4 Å². The Kier molecular flexibility index (Phi) is 7.33. The third-order valence-electron chi connectivity index (χ3n) is 8.32. The molecule has 1 amide bonds. The lowest BCUT2D eigenvalue weighted by atomic mass is 9.67. The van der Waals surface area contributed by atoms with E-state index in [9.17, 15) is 14.7 Å². The summed E-state index contributed by atoms with van der Waals surface area (Å²) < 4.78 is 2.07. The fourth-order valence-electron chi connectivity index (χ4n) is 6.31. The van der Waals surface area contributed by atoms with Crippen LogP contribution in [0.4, 0.5) is 5.69 Å². The number of carboxylic acid groups (broad SMARTS) is 1. The molecule has 1 aliphatic carbocycles. The van der Waals surface area contributed by atoms with Crippen LogP contribution in [0.5, 0.6) is 0 Å². The Morgan fingerprint density at radius 2 is 1.82 bits per heavy atom. The van der Waals surface area contributed by atoms with Crippen molar-refractivity contribution in [3.63, 3.8) is 0 Å². The minimum absolute atomic E-state index is 0.134. The molecule has 1 aromatic carbocycles. The molecular formula is C28H35ClN6O3. The fraction of sp³-hybridized carbons (Fsp3) is 0.500. The maximum atomic E-state index is 12.5. The summed E-state index contributed by atoms with van der Waals surface area (Å²) in [7, 11) is 0. The summed E-state index contributed by atoms with van der Waals surface area (Å²) in [6, 6.07) is 9.45. The molecule has 9 nitrogen and oxygen atoms in total. The highest BCUT2D eigenvalue weighted by Gasteiger charge is 2.53. The first-order valence-corrected chi connectivity index (χ1v) is 13.7. The topological polar surface area (TPSA) is 126 Å². The molecule has 0 radical (unpaired) electrons. The van der Waals surface area contributed by atoms with Gasteiger partial charge in [0.15, 0.2) is 5.65 Å². The van der Waals surface area contributed by atoms with Crippen LogP contribution in [0, 0.1) is 19.3 Å². The normalized spacial score (nSPS) is 23.0. The van der Waals surface area contributed by atoms with Gasteiger partial charge in [0.05, 0.1) is 12.0 Å². The molecule has 1 aliphatic heterocycles. The SMILES string of the molecule is Cc1cc(Cl)nc2c1nc(C)n2Cc1ccc(NC2CCC(C(=O)O)(C(C(N)=O)N3CCCC3)CC2)cc1. The lowest BCUT2D eigenvalue weighted by Crippen LogP contribution is -2.59. The van der Waals surface area contributed by atoms with Gasteiger partial charge in [-0.3, -0.25) is 14.5 Å². The van der Waals surface area contributed by atoms with E-state index in [1.165, 1.54) is 0 Å². The number of rotatable bonds is 8. The van der Waals surface area contributed by atoms with Crippen molar-refractivity contribution in [1.29, 1.82) is 0 Å². The Morgan fingerprint density at radius 3 is 2.42 bits per heavy atom. The number of likely N-dealkylation sites (tertiary alicyclic amines) is 1. The Labute approximate surface area is 227 Å². The van der Waals surface area contributed by atoms with E-state index in [2.05, 4.69) is 32.0 Å². The fourth-order valence-corrected chi connectivity index (χ4v) is 6.55. The van der Waals surface area contributed by atoms with E-state index in [1.54, 1.807) is 0 Å². The number of aliphatic carboxylic acids is 1. The second kappa shape index (κ2) is 10.5. The van der Waals surface area contributed by atoms with Crippen molar-refractivity contribution >= 4 is 40.3 Å². The third-order valence-corrected chi connectivity index (χ3v) is 8.52. The Morgan fingerprint density at radius 1 is 1.16 bits per heavy atom. The molecule has 1 saturated carbocycles. The standard InChI is InChI=1S/C28H35ClN6O3/c1-17-15-22(29)33-26-23(17)31-18(2)35(26)16-19-5-7-20(8-6-19)32-21-9-11-28(12-10-21,27(37)38)24(25(30)36)34-13-3-4-14-34/h5-8,15,21,24,32H,3-4,9-14,16H2,1-2H3,(H2,30,36)(H,37,38). The number of nitrogens with one attached hydrogen (secondary N) is 1. The summed E-state index contributed by atoms with van der Waals surface area (Å²) in [5.41, 5.74) is 9.39. The lowest BCUT2D eigenvalue weighted by Gasteiger charge is -2.44. The number of nitrogens with zero attached hydrogens (tertiary/aromatic N) is 4. The molecule has 202 valence electrons. The van der Waals surface area contributed by atoms with Crippen molar-refractivity contribution in [2.24, 2.45) is 11.1 Å². The number of pyridine rings is 1. The van der Waals surface area contributed by atoms with Gasteiger partial charge in [0.25, 0.3) is 0 Å². The number of imidazole rings is 1. The van der Waals surface area contributed by atoms with E-state index in [4.69, 9.17) is 17.3 Å². The summed E-state index contributed by atoms with van der Waals surface area (Å²) >= 11 is 6.20. The van der Waals surface area contributed by atoms with Crippen molar-refractivity contribution in [3.8, 4) is 0 Å². The first-order valence-electron chi connectivity index (χ1n) is 13.3. The van der Waals surface area contributed by atoms with Crippen LogP contribution < -0.4 is 11.1 Å². The molecule has 1 saturated heterocycles. The minimum Gasteiger partial charge on any atom is -0.481 e. The first kappa shape index (κ1) is 26.4. The average molecular weight is 539 g/mol. The number of aromatic nitrogens is 3. The smallest absolute Gasteiger partial charge is 0.311 e. The van der Waals surface area contributed by atoms with Crippen LogP contribution in [0.3, 0.4) is 0 Å². The van der Waals surface area contributed by atoms with Gasteiger partial charge in [0.1, 0.15) is 22.5 Å². The number of fused-ring (bicyclic) bond motifs is 1. The number of benzene rings is 1. The van der Waals surface area contributed by atoms with E-state index < -0.39 is 23.3 Å². The number of carbonyl (C=O) groups is 2. The van der Waals surface area contributed by atoms with Gasteiger partial charge >= 0.3 is 5.97 Å². The predicted octanol–water partition coefficient (Wildman–Crippen LogP) is 4.13. The number of primary amides is 1. The molecule has 3 heterocycles. The van der Waals surface area contributed by atoms with Crippen molar-refractivity contribution in [2.75, 3.05) is 18.4 Å². The monoisotopic (exact) mass is 538 g/mol. The molecule has 2 fully saturated rings. The van der Waals surface area contributed by atoms with Gasteiger partial charge in [0.2, 0.25) is 5.91 Å². The second-order valence-corrected chi connectivity index (χ2v) is 11.2. The van der Waals surface area contributed by atoms with Gasteiger partial charge in [-0.15, -0.1) is 0 Å². The van der Waals surface area contributed by atoms with Crippen molar-refractivity contribution < 1.29 is 14.7 Å². The zero-order valence-corrected chi connectivity index (χ0v) is 22.7. The van der Waals surface area contributed by atoms with Gasteiger partial charge in [-0.25, -0.2) is 9.97 Å². The van der Waals surface area contributed by atoms with Crippen molar-refractivity contribution in [2.45, 2.75) is 71.0 Å². The molecule has 5 rings (SSSR count). The number of anilines is 1. The summed E-state index contributed by atoms with van der Waals surface area (Å²) in [6.45, 7) is 6.05. The molecule has 10 heteroatoms. The number of carbonyl (C=O) groups excluding carboxylic acids is 1. The highest BCUT2D eigenvalue weighted by atomic mass is 35.5. The lowest BCUT2D eigenvalue weighted by molar-refractivity contribution is -0.160. The maximum Gasteiger partial charge on any atom is 0.311 e. The summed E-state index contributed by atoms with van der Waals surface area (Å²) in [4.78, 5) is 36.1. The van der Waals surface area contributed by atoms with Gasteiger partial charge in [-0.2, -0.15) is 0 Å². The number of halogens is 1.